The van der Waals surface area contributed by atoms with Crippen LogP contribution in [0.5, 0.6) is 0 Å². The first kappa shape index (κ1) is 20.0. The highest BCUT2D eigenvalue weighted by molar-refractivity contribution is 6.30. The van der Waals surface area contributed by atoms with Crippen molar-refractivity contribution < 1.29 is 9.59 Å². The molecule has 0 saturated heterocycles. The van der Waals surface area contributed by atoms with Gasteiger partial charge in [-0.15, -0.1) is 0 Å². The Kier molecular flexibility index (Phi) is 5.72. The van der Waals surface area contributed by atoms with Gasteiger partial charge in [-0.2, -0.15) is 0 Å². The van der Waals surface area contributed by atoms with Gasteiger partial charge in [-0.3, -0.25) is 4.79 Å². The molecule has 0 aromatic heterocycles. The van der Waals surface area contributed by atoms with E-state index in [1.54, 1.807) is 24.3 Å². The number of aryl methyl sites for hydroxylation is 1. The van der Waals surface area contributed by atoms with E-state index in [-0.39, 0.29) is 11.8 Å². The van der Waals surface area contributed by atoms with E-state index in [0.717, 1.165) is 22.4 Å². The number of rotatable bonds is 3. The van der Waals surface area contributed by atoms with Crippen LogP contribution in [-0.4, -0.2) is 18.0 Å². The van der Waals surface area contributed by atoms with E-state index in [0.29, 0.717) is 17.1 Å². The molecule has 2 atom stereocenters. The number of carbonyl (C=O) groups excluding carboxylic acids is 2. The molecule has 5 nitrogen and oxygen atoms in total. The lowest BCUT2D eigenvalue weighted by atomic mass is 9.86. The zero-order chi connectivity index (χ0) is 21.1. The summed E-state index contributed by atoms with van der Waals surface area (Å²) in [6, 6.07) is 21.8. The summed E-state index contributed by atoms with van der Waals surface area (Å²) in [5, 5.41) is 9.07. The molecule has 3 amide bonds. The van der Waals surface area contributed by atoms with Crippen molar-refractivity contribution in [2.45, 2.75) is 25.3 Å². The summed E-state index contributed by atoms with van der Waals surface area (Å²) in [5.74, 6) is -0.265. The monoisotopic (exact) mass is 419 g/mol. The van der Waals surface area contributed by atoms with Gasteiger partial charge in [-0.05, 0) is 54.3 Å². The van der Waals surface area contributed by atoms with Gasteiger partial charge in [0.1, 0.15) is 6.04 Å². The Labute approximate surface area is 180 Å². The molecule has 3 aromatic carbocycles. The maximum atomic E-state index is 12.9. The Morgan fingerprint density at radius 1 is 1.03 bits per heavy atom. The first-order valence-electron chi connectivity index (χ1n) is 9.79. The van der Waals surface area contributed by atoms with Crippen LogP contribution in [0.25, 0.3) is 0 Å². The summed E-state index contributed by atoms with van der Waals surface area (Å²) in [6.07, 6.45) is 0.453. The number of benzene rings is 3. The number of fused-ring (bicyclic) bond motifs is 1. The van der Waals surface area contributed by atoms with Gasteiger partial charge in [0.05, 0.1) is 0 Å². The van der Waals surface area contributed by atoms with Crippen LogP contribution < -0.4 is 16.0 Å². The number of halogens is 1. The van der Waals surface area contributed by atoms with Crippen LogP contribution >= 0.6 is 11.6 Å². The standard InChI is InChI=1S/C24H22ClN3O2/c1-15-10-11-19-20(16-6-3-2-4-7-16)14-22(23(29)27-21(19)12-15)28-24(30)26-18-9-5-8-17(25)13-18/h2-13,20,22H,14H2,1H3,(H,27,29)(H2,26,28,30). The normalized spacial score (nSPS) is 18.0. The number of hydrogen-bond donors (Lipinski definition) is 3. The van der Waals surface area contributed by atoms with Crippen LogP contribution in [-0.2, 0) is 4.79 Å². The van der Waals surface area contributed by atoms with E-state index >= 15 is 0 Å². The van der Waals surface area contributed by atoms with Gasteiger partial charge in [-0.25, -0.2) is 4.79 Å². The second-order valence-corrected chi connectivity index (χ2v) is 7.88. The third kappa shape index (κ3) is 4.47. The molecular weight excluding hydrogens is 398 g/mol. The number of amides is 3. The van der Waals surface area contributed by atoms with Crippen LogP contribution in [0.2, 0.25) is 5.02 Å². The fourth-order valence-corrected chi connectivity index (χ4v) is 3.98. The van der Waals surface area contributed by atoms with E-state index < -0.39 is 12.1 Å². The highest BCUT2D eigenvalue weighted by Gasteiger charge is 2.32. The molecule has 3 aromatic rings. The van der Waals surface area contributed by atoms with Crippen LogP contribution in [0.4, 0.5) is 16.2 Å². The quantitative estimate of drug-likeness (QED) is 0.538. The largest absolute Gasteiger partial charge is 0.326 e. The Balaban J connectivity index is 1.60. The zero-order valence-electron chi connectivity index (χ0n) is 16.5. The predicted octanol–water partition coefficient (Wildman–Crippen LogP) is 5.31. The molecule has 1 aliphatic heterocycles. The molecule has 0 fully saturated rings. The Morgan fingerprint density at radius 2 is 1.83 bits per heavy atom. The van der Waals surface area contributed by atoms with Crippen molar-refractivity contribution in [3.8, 4) is 0 Å². The molecule has 0 radical (unpaired) electrons. The molecule has 0 saturated carbocycles. The van der Waals surface area contributed by atoms with Gasteiger partial charge < -0.3 is 16.0 Å². The molecule has 4 rings (SSSR count). The third-order valence-corrected chi connectivity index (χ3v) is 5.45. The van der Waals surface area contributed by atoms with Crippen molar-refractivity contribution in [1.82, 2.24) is 5.32 Å². The topological polar surface area (TPSA) is 70.2 Å². The Morgan fingerprint density at radius 3 is 2.60 bits per heavy atom. The molecule has 0 spiro atoms. The maximum absolute atomic E-state index is 12.9. The molecular formula is C24H22ClN3O2. The van der Waals surface area contributed by atoms with Crippen LogP contribution in [0, 0.1) is 6.92 Å². The molecule has 2 unspecified atom stereocenters. The van der Waals surface area contributed by atoms with Crippen LogP contribution in [0.15, 0.2) is 72.8 Å². The summed E-state index contributed by atoms with van der Waals surface area (Å²) in [7, 11) is 0. The molecule has 0 aliphatic carbocycles. The van der Waals surface area contributed by atoms with E-state index in [4.69, 9.17) is 11.6 Å². The SMILES string of the molecule is Cc1ccc2c(c1)NC(=O)C(NC(=O)Nc1cccc(Cl)c1)CC2c1ccccc1. The lowest BCUT2D eigenvalue weighted by molar-refractivity contribution is -0.118. The number of urea groups is 1. The van der Waals surface area contributed by atoms with Crippen molar-refractivity contribution >= 4 is 34.9 Å². The van der Waals surface area contributed by atoms with E-state index in [9.17, 15) is 9.59 Å². The lowest BCUT2D eigenvalue weighted by Gasteiger charge is -2.21. The Bertz CT molecular complexity index is 1080. The van der Waals surface area contributed by atoms with Gasteiger partial charge >= 0.3 is 6.03 Å². The molecule has 152 valence electrons. The van der Waals surface area contributed by atoms with Crippen molar-refractivity contribution in [2.24, 2.45) is 0 Å². The minimum absolute atomic E-state index is 0.0304. The highest BCUT2D eigenvalue weighted by Crippen LogP contribution is 2.37. The van der Waals surface area contributed by atoms with E-state index in [2.05, 4.69) is 22.0 Å². The zero-order valence-corrected chi connectivity index (χ0v) is 17.2. The van der Waals surface area contributed by atoms with Crippen LogP contribution in [0.1, 0.15) is 29.0 Å². The fourth-order valence-electron chi connectivity index (χ4n) is 3.79. The molecule has 0 bridgehead atoms. The van der Waals surface area contributed by atoms with E-state index in [1.807, 2.05) is 49.4 Å². The summed E-state index contributed by atoms with van der Waals surface area (Å²) in [6.45, 7) is 1.99. The van der Waals surface area contributed by atoms with Crippen molar-refractivity contribution in [3.05, 3.63) is 94.5 Å². The minimum Gasteiger partial charge on any atom is -0.326 e. The first-order valence-corrected chi connectivity index (χ1v) is 10.2. The Hall–Kier alpha value is -3.31. The predicted molar refractivity (Wildman–Crippen MR) is 120 cm³/mol. The van der Waals surface area contributed by atoms with Crippen molar-refractivity contribution in [1.29, 1.82) is 0 Å². The molecule has 30 heavy (non-hydrogen) atoms. The van der Waals surface area contributed by atoms with Crippen LogP contribution in [0.3, 0.4) is 0 Å². The summed E-state index contributed by atoms with van der Waals surface area (Å²) in [4.78, 5) is 25.5. The van der Waals surface area contributed by atoms with Crippen molar-refractivity contribution in [3.63, 3.8) is 0 Å². The third-order valence-electron chi connectivity index (χ3n) is 5.22. The molecule has 6 heteroatoms. The second-order valence-electron chi connectivity index (χ2n) is 7.44. The molecule has 3 N–H and O–H groups in total. The number of hydrogen-bond acceptors (Lipinski definition) is 2. The molecule has 1 aliphatic rings. The average Bonchev–Trinajstić information content (AvgIpc) is 2.85. The van der Waals surface area contributed by atoms with Crippen molar-refractivity contribution in [2.75, 3.05) is 10.6 Å². The number of carbonyl (C=O) groups is 2. The summed E-state index contributed by atoms with van der Waals surface area (Å²) < 4.78 is 0. The summed E-state index contributed by atoms with van der Waals surface area (Å²) in [5.41, 5.74) is 4.55. The van der Waals surface area contributed by atoms with Gasteiger partial charge in [0.2, 0.25) is 5.91 Å². The second kappa shape index (κ2) is 8.59. The van der Waals surface area contributed by atoms with Gasteiger partial charge in [-0.1, -0.05) is 60.1 Å². The summed E-state index contributed by atoms with van der Waals surface area (Å²) >= 11 is 5.98. The van der Waals surface area contributed by atoms with Gasteiger partial charge in [0.25, 0.3) is 0 Å². The van der Waals surface area contributed by atoms with Gasteiger partial charge in [0, 0.05) is 22.3 Å². The van der Waals surface area contributed by atoms with Gasteiger partial charge in [0.15, 0.2) is 0 Å². The maximum Gasteiger partial charge on any atom is 0.319 e. The minimum atomic E-state index is -0.693. The smallest absolute Gasteiger partial charge is 0.319 e. The lowest BCUT2D eigenvalue weighted by Crippen LogP contribution is -2.45. The first-order chi connectivity index (χ1) is 14.5. The number of nitrogens with one attached hydrogen (secondary N) is 3. The highest BCUT2D eigenvalue weighted by atomic mass is 35.5. The fraction of sp³-hybridized carbons (Fsp3) is 0.167. The average molecular weight is 420 g/mol. The number of anilines is 2. The van der Waals surface area contributed by atoms with E-state index in [1.165, 1.54) is 0 Å². The molecule has 1 heterocycles.